The number of aliphatic hydroxyl groups is 1. The van der Waals surface area contributed by atoms with Crippen LogP contribution in [0.5, 0.6) is 0 Å². The molecule has 0 fully saturated rings. The van der Waals surface area contributed by atoms with Gasteiger partial charge in [-0.25, -0.2) is 14.3 Å². The van der Waals surface area contributed by atoms with Crippen molar-refractivity contribution in [3.05, 3.63) is 70.8 Å². The summed E-state index contributed by atoms with van der Waals surface area (Å²) in [4.78, 5) is 23.8. The minimum Gasteiger partial charge on any atom is -0.391 e. The number of hydrogen-bond donors (Lipinski definition) is 5. The average Bonchev–Trinajstić information content (AvgIpc) is 2.75. The molecule has 5 N–H and O–H groups in total. The third kappa shape index (κ3) is 8.07. The molecule has 7 nitrogen and oxygen atoms in total. The fraction of sp³-hybridized carbons (Fsp3) is 0.304. The van der Waals surface area contributed by atoms with E-state index < -0.39 is 36.4 Å². The first kappa shape index (κ1) is 24.9. The highest BCUT2D eigenvalue weighted by molar-refractivity contribution is 5.97. The van der Waals surface area contributed by atoms with Crippen LogP contribution in [0, 0.1) is 11.8 Å². The molecular weight excluding hydrogens is 420 g/mol. The summed E-state index contributed by atoms with van der Waals surface area (Å²) in [6, 6.07) is 12.2. The van der Waals surface area contributed by atoms with Crippen molar-refractivity contribution < 1.29 is 28.7 Å². The molecule has 2 rings (SSSR count). The molecule has 170 valence electrons. The number of amides is 2. The molecule has 2 aromatic rings. The number of rotatable bonds is 8. The molecule has 0 aliphatic heterocycles. The lowest BCUT2D eigenvalue weighted by Crippen LogP contribution is -2.51. The summed E-state index contributed by atoms with van der Waals surface area (Å²) >= 11 is 0. The predicted octanol–water partition coefficient (Wildman–Crippen LogP) is 1.82. The lowest BCUT2D eigenvalue weighted by atomic mass is 10.1. The predicted molar refractivity (Wildman–Crippen MR) is 114 cm³/mol. The van der Waals surface area contributed by atoms with Crippen molar-refractivity contribution in [3.8, 4) is 11.8 Å². The van der Waals surface area contributed by atoms with Crippen molar-refractivity contribution in [2.24, 2.45) is 0 Å². The first-order valence-corrected chi connectivity index (χ1v) is 9.81. The van der Waals surface area contributed by atoms with Crippen LogP contribution in [0.1, 0.15) is 40.9 Å². The van der Waals surface area contributed by atoms with Crippen LogP contribution in [0.4, 0.5) is 8.78 Å². The summed E-state index contributed by atoms with van der Waals surface area (Å²) in [7, 11) is 0. The summed E-state index contributed by atoms with van der Waals surface area (Å²) in [5.41, 5.74) is 3.90. The van der Waals surface area contributed by atoms with Gasteiger partial charge in [0.1, 0.15) is 6.04 Å². The van der Waals surface area contributed by atoms with E-state index in [1.54, 1.807) is 36.4 Å². The second kappa shape index (κ2) is 11.3. The molecule has 0 saturated heterocycles. The van der Waals surface area contributed by atoms with E-state index in [0.717, 1.165) is 18.1 Å². The number of alkyl halides is 2. The Morgan fingerprint density at radius 3 is 2.03 bits per heavy atom. The maximum Gasteiger partial charge on any atom is 0.268 e. The van der Waals surface area contributed by atoms with E-state index in [-0.39, 0.29) is 5.56 Å². The van der Waals surface area contributed by atoms with Crippen LogP contribution in [0.25, 0.3) is 0 Å². The third-order valence-electron chi connectivity index (χ3n) is 4.38. The van der Waals surface area contributed by atoms with Crippen LogP contribution in [0.3, 0.4) is 0 Å². The van der Waals surface area contributed by atoms with Crippen LogP contribution >= 0.6 is 0 Å². The Labute approximate surface area is 184 Å². The molecule has 0 aliphatic carbocycles. The summed E-state index contributed by atoms with van der Waals surface area (Å²) in [5, 5.41) is 23.3. The van der Waals surface area contributed by atoms with Gasteiger partial charge in [0.15, 0.2) is 0 Å². The standard InChI is InChI=1S/C23H25F2N3O4/c1-15(29)20(22(31)28-32)27-21(30)19-11-9-17(10-12-19)4-3-16-5-7-18(8-6-16)13-26-14-23(2,24)25/h5-12,15,20,26,29,32H,13-14H2,1-2H3,(H,27,30)(H,28,31)/t15-,20+/m1/s1. The van der Waals surface area contributed by atoms with Gasteiger partial charge in [-0.1, -0.05) is 24.0 Å². The van der Waals surface area contributed by atoms with Gasteiger partial charge < -0.3 is 15.7 Å². The van der Waals surface area contributed by atoms with Crippen molar-refractivity contribution in [2.75, 3.05) is 6.54 Å². The molecule has 0 unspecified atom stereocenters. The Morgan fingerprint density at radius 1 is 1.03 bits per heavy atom. The lowest BCUT2D eigenvalue weighted by Gasteiger charge is -2.19. The molecule has 32 heavy (non-hydrogen) atoms. The highest BCUT2D eigenvalue weighted by Crippen LogP contribution is 2.10. The molecule has 2 amide bonds. The van der Waals surface area contributed by atoms with Crippen LogP contribution in [0.15, 0.2) is 48.5 Å². The van der Waals surface area contributed by atoms with Gasteiger partial charge in [0.25, 0.3) is 17.7 Å². The van der Waals surface area contributed by atoms with Crippen LogP contribution in [0.2, 0.25) is 0 Å². The largest absolute Gasteiger partial charge is 0.391 e. The van der Waals surface area contributed by atoms with E-state index in [9.17, 15) is 23.5 Å². The Balaban J connectivity index is 1.97. The third-order valence-corrected chi connectivity index (χ3v) is 4.38. The van der Waals surface area contributed by atoms with Gasteiger partial charge in [0.05, 0.1) is 12.6 Å². The maximum absolute atomic E-state index is 12.8. The Kier molecular flexibility index (Phi) is 8.84. The number of carbonyl (C=O) groups excluding carboxylic acids is 2. The number of carbonyl (C=O) groups is 2. The van der Waals surface area contributed by atoms with Crippen LogP contribution < -0.4 is 16.1 Å². The quantitative estimate of drug-likeness (QED) is 0.242. The van der Waals surface area contributed by atoms with Gasteiger partial charge in [-0.05, 0) is 48.9 Å². The van der Waals surface area contributed by atoms with Crippen molar-refractivity contribution in [1.82, 2.24) is 16.1 Å². The summed E-state index contributed by atoms with van der Waals surface area (Å²) in [5.74, 6) is 1.67. The molecule has 2 atom stereocenters. The van der Waals surface area contributed by atoms with Gasteiger partial charge >= 0.3 is 0 Å². The zero-order valence-corrected chi connectivity index (χ0v) is 17.7. The highest BCUT2D eigenvalue weighted by Gasteiger charge is 2.25. The first-order valence-electron chi connectivity index (χ1n) is 9.81. The zero-order chi connectivity index (χ0) is 23.7. The molecule has 0 saturated carbocycles. The monoisotopic (exact) mass is 445 g/mol. The van der Waals surface area contributed by atoms with Crippen LogP contribution in [-0.2, 0) is 11.3 Å². The average molecular weight is 445 g/mol. The molecule has 0 aromatic heterocycles. The minimum atomic E-state index is -2.76. The van der Waals surface area contributed by atoms with Crippen LogP contribution in [-0.4, -0.2) is 46.7 Å². The molecule has 9 heteroatoms. The zero-order valence-electron chi connectivity index (χ0n) is 17.7. The molecule has 2 aromatic carbocycles. The van der Waals surface area contributed by atoms with Crippen molar-refractivity contribution >= 4 is 11.8 Å². The number of hydroxylamine groups is 1. The van der Waals surface area contributed by atoms with Gasteiger partial charge in [-0.15, -0.1) is 0 Å². The smallest absolute Gasteiger partial charge is 0.268 e. The van der Waals surface area contributed by atoms with E-state index in [1.807, 2.05) is 0 Å². The van der Waals surface area contributed by atoms with Gasteiger partial charge in [0.2, 0.25) is 0 Å². The second-order valence-corrected chi connectivity index (χ2v) is 7.37. The normalized spacial score (nSPS) is 12.8. The van der Waals surface area contributed by atoms with Crippen molar-refractivity contribution in [3.63, 3.8) is 0 Å². The van der Waals surface area contributed by atoms with Gasteiger partial charge in [-0.3, -0.25) is 14.8 Å². The summed E-state index contributed by atoms with van der Waals surface area (Å²) < 4.78 is 25.6. The number of hydrogen-bond acceptors (Lipinski definition) is 5. The van der Waals surface area contributed by atoms with E-state index >= 15 is 0 Å². The van der Waals surface area contributed by atoms with Gasteiger partial charge in [0, 0.05) is 30.2 Å². The van der Waals surface area contributed by atoms with E-state index in [0.29, 0.717) is 12.1 Å². The van der Waals surface area contributed by atoms with E-state index in [4.69, 9.17) is 5.21 Å². The molecule has 0 spiro atoms. The van der Waals surface area contributed by atoms with Gasteiger partial charge in [-0.2, -0.15) is 0 Å². The summed E-state index contributed by atoms with van der Waals surface area (Å²) in [6.07, 6.45) is -1.20. The molecule has 0 heterocycles. The summed E-state index contributed by atoms with van der Waals surface area (Å²) in [6.45, 7) is 2.11. The van der Waals surface area contributed by atoms with E-state index in [2.05, 4.69) is 22.5 Å². The lowest BCUT2D eigenvalue weighted by molar-refractivity contribution is -0.133. The number of halogens is 2. The number of nitrogens with one attached hydrogen (secondary N) is 3. The Hall–Kier alpha value is -3.32. The molecule has 0 aliphatic rings. The number of aliphatic hydroxyl groups excluding tert-OH is 1. The van der Waals surface area contributed by atoms with Crippen molar-refractivity contribution in [1.29, 1.82) is 0 Å². The minimum absolute atomic E-state index is 0.251. The molecule has 0 radical (unpaired) electrons. The SMILES string of the molecule is C[C@@H](O)[C@H](NC(=O)c1ccc(C#Cc2ccc(CNCC(C)(F)F)cc2)cc1)C(=O)NO. The topological polar surface area (TPSA) is 111 Å². The Bertz CT molecular complexity index is 976. The second-order valence-electron chi connectivity index (χ2n) is 7.37. The maximum atomic E-state index is 12.8. The molecular formula is C23H25F2N3O4. The fourth-order valence-electron chi connectivity index (χ4n) is 2.68. The highest BCUT2D eigenvalue weighted by atomic mass is 19.3. The number of benzene rings is 2. The first-order chi connectivity index (χ1) is 15.1. The van der Waals surface area contributed by atoms with E-state index in [1.165, 1.54) is 24.5 Å². The molecule has 0 bridgehead atoms. The van der Waals surface area contributed by atoms with Crippen molar-refractivity contribution in [2.45, 2.75) is 38.5 Å². The Morgan fingerprint density at radius 2 is 1.56 bits per heavy atom. The fourth-order valence-corrected chi connectivity index (χ4v) is 2.68.